The highest BCUT2D eigenvalue weighted by Gasteiger charge is 2.24. The molecule has 1 aliphatic heterocycles. The summed E-state index contributed by atoms with van der Waals surface area (Å²) in [5.41, 5.74) is 0.736. The molecule has 0 spiro atoms. The van der Waals surface area contributed by atoms with Crippen LogP contribution in [0.25, 0.3) is 0 Å². The van der Waals surface area contributed by atoms with Gasteiger partial charge >= 0.3 is 6.09 Å². The molecule has 1 fully saturated rings. The van der Waals surface area contributed by atoms with Gasteiger partial charge in [-0.25, -0.2) is 4.79 Å². The van der Waals surface area contributed by atoms with Gasteiger partial charge in [0.1, 0.15) is 5.60 Å². The summed E-state index contributed by atoms with van der Waals surface area (Å²) in [4.78, 5) is 14.3. The Hall–Kier alpha value is -0.780. The van der Waals surface area contributed by atoms with Crippen molar-refractivity contribution in [3.63, 3.8) is 0 Å². The number of nitrogens with one attached hydrogen (secondary N) is 1. The first-order chi connectivity index (χ1) is 10.7. The van der Waals surface area contributed by atoms with Crippen LogP contribution in [0.2, 0.25) is 5.02 Å². The van der Waals surface area contributed by atoms with E-state index >= 15 is 0 Å². The summed E-state index contributed by atoms with van der Waals surface area (Å²) in [6.45, 7) is 8.31. The Morgan fingerprint density at radius 2 is 2.22 bits per heavy atom. The summed E-state index contributed by atoms with van der Waals surface area (Å²) in [7, 11) is 0. The molecule has 128 valence electrons. The minimum atomic E-state index is -0.466. The Morgan fingerprint density at radius 1 is 1.48 bits per heavy atom. The van der Waals surface area contributed by atoms with Gasteiger partial charge in [0.25, 0.3) is 0 Å². The second-order valence-corrected chi connectivity index (χ2v) is 8.25. The molecule has 0 aliphatic carbocycles. The van der Waals surface area contributed by atoms with Crippen molar-refractivity contribution in [2.45, 2.75) is 51.8 Å². The molecule has 1 heterocycles. The third-order valence-corrected chi connectivity index (χ3v) is 4.61. The van der Waals surface area contributed by atoms with E-state index in [-0.39, 0.29) is 12.1 Å². The molecule has 1 atom stereocenters. The van der Waals surface area contributed by atoms with Crippen LogP contribution < -0.4 is 5.32 Å². The van der Waals surface area contributed by atoms with Crippen molar-refractivity contribution >= 4 is 33.6 Å². The summed E-state index contributed by atoms with van der Waals surface area (Å²) >= 11 is 9.55. The number of hydrogen-bond donors (Lipinski definition) is 1. The van der Waals surface area contributed by atoms with E-state index in [2.05, 4.69) is 26.1 Å². The summed E-state index contributed by atoms with van der Waals surface area (Å²) < 4.78 is 6.36. The highest BCUT2D eigenvalue weighted by molar-refractivity contribution is 9.10. The Kier molecular flexibility index (Phi) is 6.34. The van der Waals surface area contributed by atoms with E-state index in [0.29, 0.717) is 0 Å². The number of ether oxygens (including phenoxy) is 1. The number of nitrogens with zero attached hydrogens (tertiary/aromatic N) is 1. The molecule has 1 aromatic carbocycles. The SMILES string of the molecule is CC(C)(C)OC(=O)N[C@H]1CCCN(Cc2ccc(Cl)cc2Br)C1. The van der Waals surface area contributed by atoms with Crippen molar-refractivity contribution in [2.24, 2.45) is 0 Å². The minimum Gasteiger partial charge on any atom is -0.444 e. The van der Waals surface area contributed by atoms with Gasteiger partial charge in [0.05, 0.1) is 0 Å². The van der Waals surface area contributed by atoms with Crippen LogP contribution in [0.1, 0.15) is 39.2 Å². The second-order valence-electron chi connectivity index (χ2n) is 6.96. The fourth-order valence-electron chi connectivity index (χ4n) is 2.68. The summed E-state index contributed by atoms with van der Waals surface area (Å²) in [5, 5.41) is 3.70. The predicted molar refractivity (Wildman–Crippen MR) is 96.8 cm³/mol. The number of rotatable bonds is 3. The Balaban J connectivity index is 1.89. The van der Waals surface area contributed by atoms with E-state index in [4.69, 9.17) is 16.3 Å². The molecular formula is C17H24BrClN2O2. The maximum Gasteiger partial charge on any atom is 0.407 e. The van der Waals surface area contributed by atoms with Crippen LogP contribution in [-0.4, -0.2) is 35.7 Å². The van der Waals surface area contributed by atoms with Crippen LogP contribution in [0.15, 0.2) is 22.7 Å². The number of carbonyl (C=O) groups is 1. The van der Waals surface area contributed by atoms with Gasteiger partial charge in [-0.2, -0.15) is 0 Å². The van der Waals surface area contributed by atoms with Crippen LogP contribution in [0.3, 0.4) is 0 Å². The summed E-state index contributed by atoms with van der Waals surface area (Å²) in [6.07, 6.45) is 1.71. The smallest absolute Gasteiger partial charge is 0.407 e. The lowest BCUT2D eigenvalue weighted by Crippen LogP contribution is -2.48. The molecule has 2 rings (SSSR count). The van der Waals surface area contributed by atoms with Crippen molar-refractivity contribution < 1.29 is 9.53 Å². The standard InChI is InChI=1S/C17H24BrClN2O2/c1-17(2,3)23-16(22)20-14-5-4-8-21(11-14)10-12-6-7-13(19)9-15(12)18/h6-7,9,14H,4-5,8,10-11H2,1-3H3,(H,20,22)/t14-/m0/s1. The quantitative estimate of drug-likeness (QED) is 0.802. The minimum absolute atomic E-state index is 0.129. The average Bonchev–Trinajstić information content (AvgIpc) is 2.40. The van der Waals surface area contributed by atoms with Gasteiger partial charge < -0.3 is 10.1 Å². The molecule has 1 aliphatic rings. The van der Waals surface area contributed by atoms with Crippen LogP contribution in [0, 0.1) is 0 Å². The predicted octanol–water partition coefficient (Wildman–Crippen LogP) is 4.59. The molecule has 23 heavy (non-hydrogen) atoms. The van der Waals surface area contributed by atoms with Gasteiger partial charge in [-0.3, -0.25) is 4.90 Å². The zero-order valence-corrected chi connectivity index (χ0v) is 16.2. The number of benzene rings is 1. The van der Waals surface area contributed by atoms with Crippen molar-refractivity contribution in [3.05, 3.63) is 33.3 Å². The number of likely N-dealkylation sites (tertiary alicyclic amines) is 1. The maximum absolute atomic E-state index is 11.9. The van der Waals surface area contributed by atoms with Crippen LogP contribution >= 0.6 is 27.5 Å². The molecule has 0 unspecified atom stereocenters. The van der Waals surface area contributed by atoms with Gasteiger partial charge in [0.2, 0.25) is 0 Å². The van der Waals surface area contributed by atoms with E-state index in [9.17, 15) is 4.79 Å². The Morgan fingerprint density at radius 3 is 2.87 bits per heavy atom. The molecule has 1 amide bonds. The molecule has 0 radical (unpaired) electrons. The third kappa shape index (κ3) is 6.32. The molecule has 0 saturated carbocycles. The average molecular weight is 404 g/mol. The number of alkyl carbamates (subject to hydrolysis) is 1. The topological polar surface area (TPSA) is 41.6 Å². The lowest BCUT2D eigenvalue weighted by atomic mass is 10.0. The van der Waals surface area contributed by atoms with Gasteiger partial charge in [-0.05, 0) is 57.9 Å². The molecular weight excluding hydrogens is 380 g/mol. The number of carbonyl (C=O) groups excluding carboxylic acids is 1. The van der Waals surface area contributed by atoms with E-state index in [1.54, 1.807) is 0 Å². The van der Waals surface area contributed by atoms with Crippen LogP contribution in [0.5, 0.6) is 0 Å². The van der Waals surface area contributed by atoms with Gasteiger partial charge in [0.15, 0.2) is 0 Å². The normalized spacial score (nSPS) is 19.4. The first-order valence-corrected chi connectivity index (χ1v) is 9.06. The van der Waals surface area contributed by atoms with Crippen molar-refractivity contribution in [3.8, 4) is 0 Å². The molecule has 0 bridgehead atoms. The first kappa shape index (κ1) is 18.6. The van der Waals surface area contributed by atoms with Crippen molar-refractivity contribution in [1.82, 2.24) is 10.2 Å². The second kappa shape index (κ2) is 7.86. The van der Waals surface area contributed by atoms with Crippen LogP contribution in [-0.2, 0) is 11.3 Å². The number of hydrogen-bond acceptors (Lipinski definition) is 3. The van der Waals surface area contributed by atoms with E-state index in [0.717, 1.165) is 42.0 Å². The van der Waals surface area contributed by atoms with Gasteiger partial charge in [-0.1, -0.05) is 33.6 Å². The highest BCUT2D eigenvalue weighted by Crippen LogP contribution is 2.24. The highest BCUT2D eigenvalue weighted by atomic mass is 79.9. The fourth-order valence-corrected chi connectivity index (χ4v) is 3.49. The fraction of sp³-hybridized carbons (Fsp3) is 0.588. The number of halogens is 2. The molecule has 6 heteroatoms. The molecule has 1 aromatic rings. The molecule has 0 aromatic heterocycles. The number of piperidine rings is 1. The monoisotopic (exact) mass is 402 g/mol. The van der Waals surface area contributed by atoms with E-state index in [1.165, 1.54) is 5.56 Å². The lowest BCUT2D eigenvalue weighted by molar-refractivity contribution is 0.0470. The number of amides is 1. The van der Waals surface area contributed by atoms with E-state index < -0.39 is 5.60 Å². The lowest BCUT2D eigenvalue weighted by Gasteiger charge is -2.33. The molecule has 1 N–H and O–H groups in total. The van der Waals surface area contributed by atoms with Gasteiger partial charge in [-0.15, -0.1) is 0 Å². The zero-order valence-electron chi connectivity index (χ0n) is 13.9. The third-order valence-electron chi connectivity index (χ3n) is 3.64. The Bertz CT molecular complexity index is 560. The van der Waals surface area contributed by atoms with Crippen LogP contribution in [0.4, 0.5) is 4.79 Å². The Labute approximate surface area is 151 Å². The maximum atomic E-state index is 11.9. The van der Waals surface area contributed by atoms with E-state index in [1.807, 2.05) is 39.0 Å². The van der Waals surface area contributed by atoms with Crippen molar-refractivity contribution in [2.75, 3.05) is 13.1 Å². The molecule has 4 nitrogen and oxygen atoms in total. The largest absolute Gasteiger partial charge is 0.444 e. The summed E-state index contributed by atoms with van der Waals surface area (Å²) in [6, 6.07) is 5.99. The zero-order chi connectivity index (χ0) is 17.0. The first-order valence-electron chi connectivity index (χ1n) is 7.89. The molecule has 1 saturated heterocycles. The van der Waals surface area contributed by atoms with Gasteiger partial charge in [0, 0.05) is 28.6 Å². The summed E-state index contributed by atoms with van der Waals surface area (Å²) in [5.74, 6) is 0. The van der Waals surface area contributed by atoms with Crippen molar-refractivity contribution in [1.29, 1.82) is 0 Å².